The summed E-state index contributed by atoms with van der Waals surface area (Å²) in [5.41, 5.74) is 1.99. The second kappa shape index (κ2) is 14.6. The minimum Gasteiger partial charge on any atom is -0.497 e. The number of amides is 2. The van der Waals surface area contributed by atoms with Crippen LogP contribution in [0.5, 0.6) is 11.5 Å². The van der Waals surface area contributed by atoms with Gasteiger partial charge in [-0.05, 0) is 83.7 Å². The van der Waals surface area contributed by atoms with Crippen molar-refractivity contribution in [1.82, 2.24) is 10.2 Å². The van der Waals surface area contributed by atoms with Crippen LogP contribution in [0.25, 0.3) is 0 Å². The molecule has 1 N–H and O–H groups in total. The van der Waals surface area contributed by atoms with Crippen LogP contribution in [-0.2, 0) is 26.2 Å². The quantitative estimate of drug-likeness (QED) is 0.272. The van der Waals surface area contributed by atoms with Crippen LogP contribution in [0.15, 0.2) is 76.1 Å². The number of nitrogens with zero attached hydrogens (tertiary/aromatic N) is 2. The summed E-state index contributed by atoms with van der Waals surface area (Å²) in [5.74, 6) is 0.420. The molecule has 11 heteroatoms. The molecule has 226 valence electrons. The molecule has 3 aromatic carbocycles. The molecule has 2 amide bonds. The van der Waals surface area contributed by atoms with Crippen molar-refractivity contribution in [2.75, 3.05) is 31.6 Å². The minimum atomic E-state index is -4.21. The molecule has 0 aromatic heterocycles. The molecule has 1 atom stereocenters. The number of halogens is 1. The summed E-state index contributed by atoms with van der Waals surface area (Å²) in [6, 6.07) is 17.6. The fraction of sp³-hybridized carbons (Fsp3) is 0.355. The first kappa shape index (κ1) is 32.9. The topological polar surface area (TPSA) is 105 Å². The van der Waals surface area contributed by atoms with E-state index in [2.05, 4.69) is 21.2 Å². The molecule has 0 radical (unpaired) electrons. The molecule has 0 heterocycles. The lowest BCUT2D eigenvalue weighted by Gasteiger charge is -2.32. The minimum absolute atomic E-state index is 0.0226. The highest BCUT2D eigenvalue weighted by atomic mass is 79.9. The number of sulfonamides is 1. The highest BCUT2D eigenvalue weighted by Gasteiger charge is 2.33. The molecule has 9 nitrogen and oxygen atoms in total. The first-order valence-electron chi connectivity index (χ1n) is 13.5. The fourth-order valence-electron chi connectivity index (χ4n) is 4.18. The predicted octanol–water partition coefficient (Wildman–Crippen LogP) is 5.16. The van der Waals surface area contributed by atoms with Crippen molar-refractivity contribution in [2.24, 2.45) is 5.92 Å². The third-order valence-corrected chi connectivity index (χ3v) is 9.04. The maximum Gasteiger partial charge on any atom is 0.264 e. The van der Waals surface area contributed by atoms with Crippen molar-refractivity contribution in [1.29, 1.82) is 0 Å². The van der Waals surface area contributed by atoms with Crippen molar-refractivity contribution < 1.29 is 27.5 Å². The molecule has 0 saturated heterocycles. The number of aryl methyl sites for hydroxylation is 1. The normalized spacial score (nSPS) is 12.0. The Hall–Kier alpha value is -3.57. The highest BCUT2D eigenvalue weighted by molar-refractivity contribution is 9.10. The molecule has 0 unspecified atom stereocenters. The van der Waals surface area contributed by atoms with Crippen molar-refractivity contribution in [3.8, 4) is 11.5 Å². The Balaban J connectivity index is 2.04. The molecule has 3 aromatic rings. The Labute approximate surface area is 257 Å². The van der Waals surface area contributed by atoms with E-state index in [0.29, 0.717) is 28.2 Å². The first-order chi connectivity index (χ1) is 19.9. The number of rotatable bonds is 13. The number of nitrogens with one attached hydrogen (secondary N) is 1. The van der Waals surface area contributed by atoms with Gasteiger partial charge in [-0.25, -0.2) is 8.42 Å². The Morgan fingerprint density at radius 3 is 2.24 bits per heavy atom. The molecule has 0 aliphatic rings. The van der Waals surface area contributed by atoms with Gasteiger partial charge >= 0.3 is 0 Å². The fourth-order valence-corrected chi connectivity index (χ4v) is 6.31. The maximum absolute atomic E-state index is 14.1. The number of methoxy groups -OCH3 is 2. The summed E-state index contributed by atoms with van der Waals surface area (Å²) in [6.07, 6.45) is 0. The molecule has 0 aliphatic heterocycles. The second-order valence-electron chi connectivity index (χ2n) is 10.3. The van der Waals surface area contributed by atoms with E-state index in [-0.39, 0.29) is 23.3 Å². The van der Waals surface area contributed by atoms with E-state index >= 15 is 0 Å². The monoisotopic (exact) mass is 659 g/mol. The van der Waals surface area contributed by atoms with Crippen LogP contribution in [0, 0.1) is 12.8 Å². The van der Waals surface area contributed by atoms with Crippen LogP contribution >= 0.6 is 15.9 Å². The van der Waals surface area contributed by atoms with Crippen molar-refractivity contribution in [3.05, 3.63) is 82.3 Å². The number of carbonyl (C=O) groups is 2. The van der Waals surface area contributed by atoms with Crippen molar-refractivity contribution in [2.45, 2.75) is 45.2 Å². The lowest BCUT2D eigenvalue weighted by molar-refractivity contribution is -0.139. The average Bonchev–Trinajstić information content (AvgIpc) is 2.97. The lowest BCUT2D eigenvalue weighted by atomic mass is 10.1. The summed E-state index contributed by atoms with van der Waals surface area (Å²) < 4.78 is 40.2. The van der Waals surface area contributed by atoms with E-state index in [0.717, 1.165) is 15.4 Å². The van der Waals surface area contributed by atoms with Crippen LogP contribution in [0.2, 0.25) is 0 Å². The Kier molecular flexibility index (Phi) is 11.4. The second-order valence-corrected chi connectivity index (χ2v) is 13.0. The largest absolute Gasteiger partial charge is 0.497 e. The average molecular weight is 661 g/mol. The predicted molar refractivity (Wildman–Crippen MR) is 167 cm³/mol. The van der Waals surface area contributed by atoms with E-state index in [9.17, 15) is 18.0 Å². The maximum atomic E-state index is 14.1. The van der Waals surface area contributed by atoms with Crippen LogP contribution < -0.4 is 19.1 Å². The van der Waals surface area contributed by atoms with Crippen LogP contribution in [0.1, 0.15) is 31.9 Å². The lowest BCUT2D eigenvalue weighted by Crippen LogP contribution is -2.51. The molecule has 0 bridgehead atoms. The molecular weight excluding hydrogens is 622 g/mol. The van der Waals surface area contributed by atoms with E-state index in [1.54, 1.807) is 62.6 Å². The highest BCUT2D eigenvalue weighted by Crippen LogP contribution is 2.31. The van der Waals surface area contributed by atoms with Gasteiger partial charge in [0.05, 0.1) is 29.3 Å². The van der Waals surface area contributed by atoms with Gasteiger partial charge in [-0.2, -0.15) is 0 Å². The van der Waals surface area contributed by atoms with Gasteiger partial charge in [-0.3, -0.25) is 13.9 Å². The number of hydrogen-bond donors (Lipinski definition) is 1. The van der Waals surface area contributed by atoms with E-state index < -0.39 is 28.5 Å². The van der Waals surface area contributed by atoms with Gasteiger partial charge in [0.25, 0.3) is 10.0 Å². The third kappa shape index (κ3) is 8.25. The van der Waals surface area contributed by atoms with Gasteiger partial charge < -0.3 is 19.7 Å². The first-order valence-corrected chi connectivity index (χ1v) is 15.7. The van der Waals surface area contributed by atoms with Crippen molar-refractivity contribution >= 4 is 43.5 Å². The summed E-state index contributed by atoms with van der Waals surface area (Å²) in [5, 5.41) is 2.88. The number of hydrogen-bond acceptors (Lipinski definition) is 6. The number of carbonyl (C=O) groups excluding carboxylic acids is 2. The number of benzene rings is 3. The molecule has 0 fully saturated rings. The SMILES string of the molecule is COc1cccc(CN(C(=O)CN(c2ccc(C)cc2)S(=O)(=O)c2ccc(OC)c(Br)c2)[C@H](C)C(=O)NCC(C)C)c1. The van der Waals surface area contributed by atoms with E-state index in [1.807, 2.05) is 26.8 Å². The standard InChI is InChI=1S/C31H38BrN3O6S/c1-21(2)18-33-31(37)23(4)34(19-24-8-7-9-26(16-24)40-5)30(36)20-35(25-12-10-22(3)11-13-25)42(38,39)27-14-15-29(41-6)28(32)17-27/h7-17,21,23H,18-20H2,1-6H3,(H,33,37)/t23-/m1/s1. The Morgan fingerprint density at radius 2 is 1.64 bits per heavy atom. The molecule has 0 aliphatic carbocycles. The van der Waals surface area contributed by atoms with Gasteiger partial charge in [-0.1, -0.05) is 43.7 Å². The number of ether oxygens (including phenoxy) is 2. The molecular formula is C31H38BrN3O6S. The van der Waals surface area contributed by atoms with Gasteiger partial charge in [0, 0.05) is 13.1 Å². The molecule has 0 spiro atoms. The summed E-state index contributed by atoms with van der Waals surface area (Å²) in [6.45, 7) is 7.47. The van der Waals surface area contributed by atoms with Gasteiger partial charge in [-0.15, -0.1) is 0 Å². The summed E-state index contributed by atoms with van der Waals surface area (Å²) in [7, 11) is -1.18. The van der Waals surface area contributed by atoms with Gasteiger partial charge in [0.1, 0.15) is 24.1 Å². The zero-order valence-corrected chi connectivity index (χ0v) is 27.2. The van der Waals surface area contributed by atoms with Gasteiger partial charge in [0.15, 0.2) is 0 Å². The van der Waals surface area contributed by atoms with Crippen LogP contribution in [-0.4, -0.2) is 58.5 Å². The zero-order chi connectivity index (χ0) is 31.0. The molecule has 42 heavy (non-hydrogen) atoms. The van der Waals surface area contributed by atoms with E-state index in [4.69, 9.17) is 9.47 Å². The van der Waals surface area contributed by atoms with E-state index in [1.165, 1.54) is 24.1 Å². The number of anilines is 1. The zero-order valence-electron chi connectivity index (χ0n) is 24.8. The van der Waals surface area contributed by atoms with Crippen LogP contribution in [0.4, 0.5) is 5.69 Å². The third-order valence-electron chi connectivity index (χ3n) is 6.65. The molecule has 0 saturated carbocycles. The summed E-state index contributed by atoms with van der Waals surface area (Å²) >= 11 is 3.36. The summed E-state index contributed by atoms with van der Waals surface area (Å²) in [4.78, 5) is 28.6. The van der Waals surface area contributed by atoms with Crippen LogP contribution in [0.3, 0.4) is 0 Å². The Bertz CT molecular complexity index is 1490. The molecule has 3 rings (SSSR count). The Morgan fingerprint density at radius 1 is 0.952 bits per heavy atom. The van der Waals surface area contributed by atoms with Gasteiger partial charge in [0.2, 0.25) is 11.8 Å². The van der Waals surface area contributed by atoms with Crippen molar-refractivity contribution in [3.63, 3.8) is 0 Å². The smallest absolute Gasteiger partial charge is 0.264 e.